The molecule has 0 spiro atoms. The van der Waals surface area contributed by atoms with E-state index in [4.69, 9.17) is 0 Å². The molecule has 0 bridgehead atoms. The van der Waals surface area contributed by atoms with Gasteiger partial charge >= 0.3 is 0 Å². The van der Waals surface area contributed by atoms with Crippen molar-refractivity contribution in [2.75, 3.05) is 10.6 Å². The number of anilines is 1. The summed E-state index contributed by atoms with van der Waals surface area (Å²) < 4.78 is 38.6. The Hall–Kier alpha value is -2.41. The number of rotatable bonds is 6. The molecule has 0 aliphatic heterocycles. The van der Waals surface area contributed by atoms with Crippen LogP contribution in [0.25, 0.3) is 0 Å². The van der Waals surface area contributed by atoms with Gasteiger partial charge in [0.2, 0.25) is 15.9 Å². The number of benzene rings is 2. The van der Waals surface area contributed by atoms with E-state index in [-0.39, 0.29) is 12.4 Å². The Balaban J connectivity index is 2.20. The summed E-state index contributed by atoms with van der Waals surface area (Å²) in [6, 6.07) is 10.1. The van der Waals surface area contributed by atoms with Crippen LogP contribution in [-0.2, 0) is 21.4 Å². The number of halogens is 1. The molecule has 0 fully saturated rings. The Morgan fingerprint density at radius 1 is 1.12 bits per heavy atom. The topological polar surface area (TPSA) is 66.5 Å². The van der Waals surface area contributed by atoms with Gasteiger partial charge in [0.15, 0.2) is 0 Å². The van der Waals surface area contributed by atoms with Gasteiger partial charge in [0.1, 0.15) is 11.9 Å². The zero-order valence-electron chi connectivity index (χ0n) is 15.3. The monoisotopic (exact) mass is 378 g/mol. The van der Waals surface area contributed by atoms with Crippen LogP contribution >= 0.6 is 0 Å². The maximum absolute atomic E-state index is 12.9. The molecule has 0 aliphatic carbocycles. The lowest BCUT2D eigenvalue weighted by molar-refractivity contribution is -0.122. The third kappa shape index (κ3) is 4.82. The molecule has 5 nitrogen and oxygen atoms in total. The molecule has 7 heteroatoms. The normalized spacial score (nSPS) is 12.5. The van der Waals surface area contributed by atoms with E-state index in [9.17, 15) is 17.6 Å². The Morgan fingerprint density at radius 2 is 1.73 bits per heavy atom. The zero-order chi connectivity index (χ0) is 19.5. The van der Waals surface area contributed by atoms with Gasteiger partial charge in [-0.1, -0.05) is 18.2 Å². The van der Waals surface area contributed by atoms with Crippen LogP contribution in [0.3, 0.4) is 0 Å². The molecular formula is C19H23FN2O3S. The molecule has 1 N–H and O–H groups in total. The minimum absolute atomic E-state index is 0.188. The first kappa shape index (κ1) is 19.9. The lowest BCUT2D eigenvalue weighted by Crippen LogP contribution is -2.47. The van der Waals surface area contributed by atoms with Gasteiger partial charge in [0, 0.05) is 6.54 Å². The molecule has 26 heavy (non-hydrogen) atoms. The molecule has 0 aliphatic rings. The highest BCUT2D eigenvalue weighted by Gasteiger charge is 2.29. The summed E-state index contributed by atoms with van der Waals surface area (Å²) in [6.07, 6.45) is 1.08. The first-order chi connectivity index (χ1) is 12.1. The fraction of sp³-hybridized carbons (Fsp3) is 0.316. The highest BCUT2D eigenvalue weighted by molar-refractivity contribution is 7.92. The van der Waals surface area contributed by atoms with E-state index in [1.807, 2.05) is 19.9 Å². The van der Waals surface area contributed by atoms with Crippen molar-refractivity contribution < 1.29 is 17.6 Å². The maximum atomic E-state index is 12.9. The van der Waals surface area contributed by atoms with E-state index in [2.05, 4.69) is 5.32 Å². The van der Waals surface area contributed by atoms with Crippen molar-refractivity contribution in [3.63, 3.8) is 0 Å². The van der Waals surface area contributed by atoms with Gasteiger partial charge in [0.25, 0.3) is 0 Å². The highest BCUT2D eigenvalue weighted by Crippen LogP contribution is 2.23. The van der Waals surface area contributed by atoms with Crippen molar-refractivity contribution in [3.05, 3.63) is 65.0 Å². The second kappa shape index (κ2) is 7.86. The van der Waals surface area contributed by atoms with E-state index >= 15 is 0 Å². The van der Waals surface area contributed by atoms with E-state index in [0.717, 1.165) is 27.3 Å². The van der Waals surface area contributed by atoms with E-state index in [1.165, 1.54) is 19.1 Å². The molecule has 1 amide bonds. The number of amides is 1. The smallest absolute Gasteiger partial charge is 0.243 e. The van der Waals surface area contributed by atoms with Crippen LogP contribution in [0, 0.1) is 19.7 Å². The van der Waals surface area contributed by atoms with Crippen LogP contribution in [0.15, 0.2) is 42.5 Å². The van der Waals surface area contributed by atoms with E-state index < -0.39 is 22.0 Å². The van der Waals surface area contributed by atoms with Gasteiger partial charge in [-0.3, -0.25) is 9.10 Å². The van der Waals surface area contributed by atoms with Crippen LogP contribution in [0.2, 0.25) is 0 Å². The van der Waals surface area contributed by atoms with Gasteiger partial charge in [-0.15, -0.1) is 0 Å². The highest BCUT2D eigenvalue weighted by atomic mass is 32.2. The molecular weight excluding hydrogens is 355 g/mol. The zero-order valence-corrected chi connectivity index (χ0v) is 16.1. The molecule has 1 atom stereocenters. The van der Waals surface area contributed by atoms with Crippen molar-refractivity contribution in [3.8, 4) is 0 Å². The summed E-state index contributed by atoms with van der Waals surface area (Å²) in [5, 5.41) is 2.70. The van der Waals surface area contributed by atoms with Gasteiger partial charge in [-0.2, -0.15) is 0 Å². The van der Waals surface area contributed by atoms with E-state index in [0.29, 0.717) is 5.69 Å². The number of aryl methyl sites for hydroxylation is 2. The van der Waals surface area contributed by atoms with Gasteiger partial charge in [-0.05, 0) is 61.7 Å². The first-order valence-corrected chi connectivity index (χ1v) is 10.0. The molecule has 0 saturated carbocycles. The number of carbonyl (C=O) groups excluding carboxylic acids is 1. The summed E-state index contributed by atoms with van der Waals surface area (Å²) in [7, 11) is -3.66. The number of sulfonamides is 1. The average molecular weight is 378 g/mol. The Labute approximate surface area is 153 Å². The Bertz CT molecular complexity index is 896. The van der Waals surface area contributed by atoms with Gasteiger partial charge < -0.3 is 5.32 Å². The number of hydrogen-bond acceptors (Lipinski definition) is 3. The SMILES string of the molecule is Cc1ccc(N([C@H](C)C(=O)NCc2ccc(F)cc2)S(C)(=O)=O)cc1C. The standard InChI is InChI=1S/C19H23FN2O3S/c1-13-5-10-18(11-14(13)2)22(26(4,24)25)15(3)19(23)21-12-16-6-8-17(20)9-7-16/h5-11,15H,12H2,1-4H3,(H,21,23)/t15-/m1/s1. The van der Waals surface area contributed by atoms with Gasteiger partial charge in [-0.25, -0.2) is 12.8 Å². The van der Waals surface area contributed by atoms with Crippen LogP contribution in [0.4, 0.5) is 10.1 Å². The minimum Gasteiger partial charge on any atom is -0.350 e. The number of hydrogen-bond donors (Lipinski definition) is 1. The third-order valence-electron chi connectivity index (χ3n) is 4.21. The Kier molecular flexibility index (Phi) is 6.02. The summed E-state index contributed by atoms with van der Waals surface area (Å²) >= 11 is 0. The summed E-state index contributed by atoms with van der Waals surface area (Å²) in [5.41, 5.74) is 3.15. The van der Waals surface area contributed by atoms with E-state index in [1.54, 1.807) is 24.3 Å². The first-order valence-electron chi connectivity index (χ1n) is 8.18. The lowest BCUT2D eigenvalue weighted by Gasteiger charge is -2.28. The summed E-state index contributed by atoms with van der Waals surface area (Å²) in [5.74, 6) is -0.788. The summed E-state index contributed by atoms with van der Waals surface area (Å²) in [4.78, 5) is 12.5. The molecule has 2 rings (SSSR count). The fourth-order valence-corrected chi connectivity index (χ4v) is 3.78. The second-order valence-electron chi connectivity index (χ2n) is 6.35. The van der Waals surface area contributed by atoms with Gasteiger partial charge in [0.05, 0.1) is 11.9 Å². The number of nitrogens with zero attached hydrogens (tertiary/aromatic N) is 1. The summed E-state index contributed by atoms with van der Waals surface area (Å²) in [6.45, 7) is 5.55. The number of carbonyl (C=O) groups is 1. The van der Waals surface area contributed by atoms with Crippen LogP contribution in [0.5, 0.6) is 0 Å². The third-order valence-corrected chi connectivity index (χ3v) is 5.46. The van der Waals surface area contributed by atoms with Crippen molar-refractivity contribution in [1.29, 1.82) is 0 Å². The molecule has 140 valence electrons. The number of nitrogens with one attached hydrogen (secondary N) is 1. The average Bonchev–Trinajstić information content (AvgIpc) is 2.56. The molecule has 0 heterocycles. The minimum atomic E-state index is -3.66. The van der Waals surface area contributed by atoms with Crippen LogP contribution in [0.1, 0.15) is 23.6 Å². The maximum Gasteiger partial charge on any atom is 0.243 e. The van der Waals surface area contributed by atoms with Crippen molar-refractivity contribution in [2.24, 2.45) is 0 Å². The van der Waals surface area contributed by atoms with Crippen LogP contribution in [-0.4, -0.2) is 26.6 Å². The predicted molar refractivity (Wildman–Crippen MR) is 101 cm³/mol. The van der Waals surface area contributed by atoms with Crippen molar-refractivity contribution >= 4 is 21.6 Å². The second-order valence-corrected chi connectivity index (χ2v) is 8.21. The molecule has 0 unspecified atom stereocenters. The molecule has 0 saturated heterocycles. The molecule has 0 aromatic heterocycles. The van der Waals surface area contributed by atoms with Crippen molar-refractivity contribution in [1.82, 2.24) is 5.32 Å². The molecule has 2 aromatic carbocycles. The quantitative estimate of drug-likeness (QED) is 0.840. The Morgan fingerprint density at radius 3 is 2.27 bits per heavy atom. The predicted octanol–water partition coefficient (Wildman–Crippen LogP) is 2.91. The molecule has 2 aromatic rings. The van der Waals surface area contributed by atoms with Crippen molar-refractivity contribution in [2.45, 2.75) is 33.4 Å². The fourth-order valence-electron chi connectivity index (χ4n) is 2.61. The largest absolute Gasteiger partial charge is 0.350 e. The van der Waals surface area contributed by atoms with Crippen LogP contribution < -0.4 is 9.62 Å². The molecule has 0 radical (unpaired) electrons. The lowest BCUT2D eigenvalue weighted by atomic mass is 10.1.